The first kappa shape index (κ1) is 18.5. The molecule has 0 radical (unpaired) electrons. The number of hydrogen-bond donors (Lipinski definition) is 2. The van der Waals surface area contributed by atoms with Crippen LogP contribution in [0.15, 0.2) is 18.3 Å². The van der Waals surface area contributed by atoms with E-state index in [2.05, 4.69) is 27.0 Å². The first-order valence-electron chi connectivity index (χ1n) is 9.12. The van der Waals surface area contributed by atoms with Gasteiger partial charge in [0.05, 0.1) is 11.9 Å². The second kappa shape index (κ2) is 10.1. The number of anilines is 2. The van der Waals surface area contributed by atoms with Gasteiger partial charge >= 0.3 is 6.09 Å². The highest BCUT2D eigenvalue weighted by atomic mass is 16.4. The summed E-state index contributed by atoms with van der Waals surface area (Å²) < 4.78 is 0. The van der Waals surface area contributed by atoms with E-state index in [1.807, 2.05) is 6.07 Å². The van der Waals surface area contributed by atoms with E-state index in [0.29, 0.717) is 5.69 Å². The third-order valence-corrected chi connectivity index (χ3v) is 4.64. The van der Waals surface area contributed by atoms with Crippen molar-refractivity contribution in [2.24, 2.45) is 0 Å². The van der Waals surface area contributed by atoms with E-state index >= 15 is 0 Å². The molecule has 2 N–H and O–H groups in total. The number of amides is 1. The molecule has 1 aliphatic heterocycles. The van der Waals surface area contributed by atoms with E-state index in [-0.39, 0.29) is 0 Å². The summed E-state index contributed by atoms with van der Waals surface area (Å²) >= 11 is 0. The molecule has 1 aromatic heterocycles. The molecule has 2 fully saturated rings. The fraction of sp³-hybridized carbons (Fsp3) is 0.667. The Balaban J connectivity index is 0.000000292. The number of piperazine rings is 1. The van der Waals surface area contributed by atoms with E-state index in [1.165, 1.54) is 38.5 Å². The second-order valence-electron chi connectivity index (χ2n) is 6.38. The molecule has 0 spiro atoms. The van der Waals surface area contributed by atoms with Crippen LogP contribution in [-0.4, -0.2) is 53.8 Å². The molecule has 24 heavy (non-hydrogen) atoms. The molecule has 6 heteroatoms. The van der Waals surface area contributed by atoms with Crippen molar-refractivity contribution in [2.75, 3.05) is 42.9 Å². The van der Waals surface area contributed by atoms with Crippen LogP contribution in [0.1, 0.15) is 45.4 Å². The predicted molar refractivity (Wildman–Crippen MR) is 97.9 cm³/mol. The summed E-state index contributed by atoms with van der Waals surface area (Å²) in [5.41, 5.74) is 0.499. The molecular formula is C18H30N4O2. The Kier molecular flexibility index (Phi) is 7.82. The minimum Gasteiger partial charge on any atom is -0.465 e. The van der Waals surface area contributed by atoms with Gasteiger partial charge in [-0.1, -0.05) is 45.4 Å². The number of likely N-dealkylation sites (N-methyl/N-ethyl adjacent to an activating group) is 1. The van der Waals surface area contributed by atoms with Crippen molar-refractivity contribution in [2.45, 2.75) is 45.4 Å². The summed E-state index contributed by atoms with van der Waals surface area (Å²) in [5, 5.41) is 10.9. The lowest BCUT2D eigenvalue weighted by molar-refractivity contribution is 0.209. The minimum atomic E-state index is -1.07. The van der Waals surface area contributed by atoms with Gasteiger partial charge in [0.1, 0.15) is 5.82 Å². The maximum absolute atomic E-state index is 10.5. The summed E-state index contributed by atoms with van der Waals surface area (Å²) in [5.74, 6) is 0.904. The van der Waals surface area contributed by atoms with Crippen molar-refractivity contribution in [3.63, 3.8) is 0 Å². The molecule has 0 unspecified atom stereocenters. The van der Waals surface area contributed by atoms with Crippen LogP contribution < -0.4 is 10.2 Å². The lowest BCUT2D eigenvalue weighted by Gasteiger charge is -2.34. The highest BCUT2D eigenvalue weighted by Gasteiger charge is 2.16. The third kappa shape index (κ3) is 6.35. The second-order valence-corrected chi connectivity index (χ2v) is 6.38. The van der Waals surface area contributed by atoms with Gasteiger partial charge in [-0.25, -0.2) is 9.78 Å². The van der Waals surface area contributed by atoms with Gasteiger partial charge in [-0.15, -0.1) is 0 Å². The average molecular weight is 334 g/mol. The van der Waals surface area contributed by atoms with Crippen molar-refractivity contribution >= 4 is 17.6 Å². The fourth-order valence-electron chi connectivity index (χ4n) is 3.12. The Labute approximate surface area is 144 Å². The molecule has 0 bridgehead atoms. The van der Waals surface area contributed by atoms with E-state index in [4.69, 9.17) is 5.11 Å². The maximum atomic E-state index is 10.5. The lowest BCUT2D eigenvalue weighted by atomic mass is 10.0. The van der Waals surface area contributed by atoms with E-state index in [9.17, 15) is 4.79 Å². The molecule has 2 aliphatic rings. The number of nitrogens with zero attached hydrogens (tertiary/aromatic N) is 3. The van der Waals surface area contributed by atoms with Gasteiger partial charge in [0.15, 0.2) is 0 Å². The van der Waals surface area contributed by atoms with Crippen LogP contribution in [0, 0.1) is 0 Å². The van der Waals surface area contributed by atoms with Crippen molar-refractivity contribution in [3.8, 4) is 0 Å². The van der Waals surface area contributed by atoms with Crippen LogP contribution in [0.25, 0.3) is 0 Å². The van der Waals surface area contributed by atoms with Gasteiger partial charge in [0, 0.05) is 26.2 Å². The molecular weight excluding hydrogens is 304 g/mol. The SMILES string of the molecule is C1CCCCC1.CCN1CCN(c2ccc(NC(=O)O)cn2)CC1. The quantitative estimate of drug-likeness (QED) is 0.883. The topological polar surface area (TPSA) is 68.7 Å². The fourth-order valence-corrected chi connectivity index (χ4v) is 3.12. The Morgan fingerprint density at radius 1 is 1.08 bits per heavy atom. The smallest absolute Gasteiger partial charge is 0.409 e. The monoisotopic (exact) mass is 334 g/mol. The predicted octanol–water partition coefficient (Wildman–Crippen LogP) is 3.65. The molecule has 1 aromatic rings. The Bertz CT molecular complexity index is 469. The molecule has 1 aliphatic carbocycles. The lowest BCUT2D eigenvalue weighted by Crippen LogP contribution is -2.46. The zero-order valence-corrected chi connectivity index (χ0v) is 14.7. The van der Waals surface area contributed by atoms with Crippen LogP contribution in [-0.2, 0) is 0 Å². The van der Waals surface area contributed by atoms with Gasteiger partial charge in [-0.3, -0.25) is 5.32 Å². The summed E-state index contributed by atoms with van der Waals surface area (Å²) in [7, 11) is 0. The molecule has 1 saturated carbocycles. The normalized spacial score (nSPS) is 18.5. The van der Waals surface area contributed by atoms with Crippen LogP contribution in [0.2, 0.25) is 0 Å². The molecule has 1 saturated heterocycles. The average Bonchev–Trinajstić information content (AvgIpc) is 2.64. The van der Waals surface area contributed by atoms with Crippen molar-refractivity contribution < 1.29 is 9.90 Å². The van der Waals surface area contributed by atoms with Gasteiger partial charge in [-0.05, 0) is 18.7 Å². The summed E-state index contributed by atoms with van der Waals surface area (Å²) in [4.78, 5) is 19.4. The molecule has 2 heterocycles. The summed E-state index contributed by atoms with van der Waals surface area (Å²) in [6.45, 7) is 7.28. The largest absolute Gasteiger partial charge is 0.465 e. The maximum Gasteiger partial charge on any atom is 0.409 e. The van der Waals surface area contributed by atoms with Crippen molar-refractivity contribution in [3.05, 3.63) is 18.3 Å². The first-order valence-corrected chi connectivity index (χ1v) is 9.12. The number of hydrogen-bond acceptors (Lipinski definition) is 4. The molecule has 1 amide bonds. The Morgan fingerprint density at radius 2 is 1.67 bits per heavy atom. The van der Waals surface area contributed by atoms with Gasteiger partial charge in [-0.2, -0.15) is 0 Å². The zero-order valence-electron chi connectivity index (χ0n) is 14.7. The molecule has 0 atom stereocenters. The summed E-state index contributed by atoms with van der Waals surface area (Å²) in [6, 6.07) is 3.59. The Hall–Kier alpha value is -1.82. The number of carboxylic acid groups (broad SMARTS) is 1. The highest BCUT2D eigenvalue weighted by molar-refractivity contribution is 5.82. The zero-order chi connectivity index (χ0) is 17.2. The highest BCUT2D eigenvalue weighted by Crippen LogP contribution is 2.16. The number of carbonyl (C=O) groups is 1. The first-order chi connectivity index (χ1) is 11.7. The number of rotatable bonds is 3. The molecule has 3 rings (SSSR count). The van der Waals surface area contributed by atoms with Crippen LogP contribution in [0.5, 0.6) is 0 Å². The molecule has 134 valence electrons. The third-order valence-electron chi connectivity index (χ3n) is 4.64. The number of aromatic nitrogens is 1. The van der Waals surface area contributed by atoms with Crippen molar-refractivity contribution in [1.29, 1.82) is 0 Å². The molecule has 6 nitrogen and oxygen atoms in total. The van der Waals surface area contributed by atoms with E-state index < -0.39 is 6.09 Å². The van der Waals surface area contributed by atoms with Gasteiger partial charge < -0.3 is 14.9 Å². The summed E-state index contributed by atoms with van der Waals surface area (Å²) in [6.07, 6.45) is 9.48. The van der Waals surface area contributed by atoms with E-state index in [1.54, 1.807) is 12.3 Å². The van der Waals surface area contributed by atoms with Gasteiger partial charge in [0.2, 0.25) is 0 Å². The van der Waals surface area contributed by atoms with Crippen LogP contribution in [0.4, 0.5) is 16.3 Å². The molecule has 0 aromatic carbocycles. The number of pyridine rings is 1. The standard InChI is InChI=1S/C12H18N4O2.C6H12/c1-2-15-5-7-16(8-6-15)11-4-3-10(9-13-11)14-12(17)18;1-2-4-6-5-3-1/h3-4,9,14H,2,5-8H2,1H3,(H,17,18);1-6H2. The van der Waals surface area contributed by atoms with E-state index in [0.717, 1.165) is 38.5 Å². The van der Waals surface area contributed by atoms with Crippen LogP contribution >= 0.6 is 0 Å². The van der Waals surface area contributed by atoms with Crippen LogP contribution in [0.3, 0.4) is 0 Å². The number of nitrogens with one attached hydrogen (secondary N) is 1. The van der Waals surface area contributed by atoms with Gasteiger partial charge in [0.25, 0.3) is 0 Å². The minimum absolute atomic E-state index is 0.499. The Morgan fingerprint density at radius 3 is 2.08 bits per heavy atom. The van der Waals surface area contributed by atoms with Crippen molar-refractivity contribution in [1.82, 2.24) is 9.88 Å².